The van der Waals surface area contributed by atoms with Crippen molar-refractivity contribution in [3.63, 3.8) is 0 Å². The molecule has 24 heavy (non-hydrogen) atoms. The number of hydrogen-bond donors (Lipinski definition) is 2. The summed E-state index contributed by atoms with van der Waals surface area (Å²) in [5, 5.41) is 24.6. The highest BCUT2D eigenvalue weighted by molar-refractivity contribution is 6.01. The van der Waals surface area contributed by atoms with E-state index in [0.717, 1.165) is 0 Å². The summed E-state index contributed by atoms with van der Waals surface area (Å²) in [4.78, 5) is 12.7. The van der Waals surface area contributed by atoms with E-state index in [1.807, 2.05) is 0 Å². The molecule has 0 aromatic heterocycles. The maximum atomic E-state index is 13.0. The molecule has 1 amide bonds. The molecular weight excluding hydrogens is 325 g/mol. The van der Waals surface area contributed by atoms with Crippen LogP contribution < -0.4 is 0 Å². The third kappa shape index (κ3) is 2.86. The molecule has 0 bridgehead atoms. The van der Waals surface area contributed by atoms with E-state index < -0.39 is 35.4 Å². The summed E-state index contributed by atoms with van der Waals surface area (Å²) < 4.78 is 39.1. The van der Waals surface area contributed by atoms with Crippen molar-refractivity contribution in [2.75, 3.05) is 0 Å². The lowest BCUT2D eigenvalue weighted by Crippen LogP contribution is -2.55. The summed E-state index contributed by atoms with van der Waals surface area (Å²) in [7, 11) is 0. The van der Waals surface area contributed by atoms with Crippen molar-refractivity contribution in [1.29, 1.82) is 0 Å². The number of rotatable bonds is 1. The summed E-state index contributed by atoms with van der Waals surface area (Å²) in [5.74, 6) is -1.35. The molecule has 1 aliphatic heterocycles. The van der Waals surface area contributed by atoms with Crippen LogP contribution in [0.2, 0.25) is 0 Å². The van der Waals surface area contributed by atoms with E-state index in [-0.39, 0.29) is 11.3 Å². The van der Waals surface area contributed by atoms with Gasteiger partial charge in [-0.25, -0.2) is 0 Å². The highest BCUT2D eigenvalue weighted by atomic mass is 19.4. The molecule has 0 spiro atoms. The Bertz CT molecular complexity index is 707. The smallest absolute Gasteiger partial charge is 0.431 e. The predicted octanol–water partition coefficient (Wildman–Crippen LogP) is 3.20. The fraction of sp³-hybridized carbons (Fsp3) is 0.500. The van der Waals surface area contributed by atoms with Crippen LogP contribution in [0.1, 0.15) is 43.1 Å². The molecule has 0 aliphatic carbocycles. The Labute approximate surface area is 137 Å². The molecule has 5 nitrogen and oxygen atoms in total. The zero-order chi connectivity index (χ0) is 18.5. The number of hydrogen-bond acceptors (Lipinski definition) is 4. The van der Waals surface area contributed by atoms with E-state index in [0.29, 0.717) is 10.6 Å². The van der Waals surface area contributed by atoms with Crippen molar-refractivity contribution in [3.8, 4) is 5.75 Å². The molecule has 132 valence electrons. The van der Waals surface area contributed by atoms with Gasteiger partial charge in [-0.05, 0) is 18.6 Å². The number of carbonyl (C=O) groups excluding carboxylic acids is 1. The Hall–Kier alpha value is -2.09. The van der Waals surface area contributed by atoms with Crippen LogP contribution in [0.25, 0.3) is 0 Å². The molecule has 0 saturated heterocycles. The number of nitrogens with zero attached hydrogens (tertiary/aromatic N) is 2. The molecular formula is C16H19F3N2O3. The number of aliphatic hydroxyl groups is 1. The molecule has 0 fully saturated rings. The normalized spacial score (nSPS) is 21.8. The number of alkyl halides is 3. The first kappa shape index (κ1) is 18.3. The first-order valence-corrected chi connectivity index (χ1v) is 7.29. The Kier molecular flexibility index (Phi) is 4.16. The van der Waals surface area contributed by atoms with Crippen LogP contribution in [0, 0.1) is 12.3 Å². The number of carbonyl (C=O) groups is 1. The van der Waals surface area contributed by atoms with Crippen molar-refractivity contribution in [2.24, 2.45) is 10.5 Å². The predicted molar refractivity (Wildman–Crippen MR) is 81.5 cm³/mol. The second-order valence-corrected chi connectivity index (χ2v) is 6.88. The summed E-state index contributed by atoms with van der Waals surface area (Å²) in [6, 6.07) is 4.31. The lowest BCUT2D eigenvalue weighted by Gasteiger charge is -2.41. The highest BCUT2D eigenvalue weighted by Crippen LogP contribution is 2.44. The number of aryl methyl sites for hydroxylation is 1. The molecule has 1 heterocycles. The van der Waals surface area contributed by atoms with Gasteiger partial charge in [0.1, 0.15) is 11.5 Å². The topological polar surface area (TPSA) is 73.1 Å². The van der Waals surface area contributed by atoms with Gasteiger partial charge >= 0.3 is 6.18 Å². The number of hydrazone groups is 1. The lowest BCUT2D eigenvalue weighted by molar-refractivity contribution is -0.144. The van der Waals surface area contributed by atoms with E-state index >= 15 is 0 Å². The number of amides is 1. The van der Waals surface area contributed by atoms with Crippen LogP contribution in [0.3, 0.4) is 0 Å². The minimum Gasteiger partial charge on any atom is -0.507 e. The van der Waals surface area contributed by atoms with E-state index in [1.54, 1.807) is 13.0 Å². The van der Waals surface area contributed by atoms with Gasteiger partial charge < -0.3 is 10.2 Å². The van der Waals surface area contributed by atoms with Gasteiger partial charge in [-0.15, -0.1) is 0 Å². The number of phenolic OH excluding ortho intramolecular Hbond substituents is 1. The summed E-state index contributed by atoms with van der Waals surface area (Å²) >= 11 is 0. The summed E-state index contributed by atoms with van der Waals surface area (Å²) in [5.41, 5.74) is -4.33. The number of halogens is 3. The second kappa shape index (κ2) is 5.47. The van der Waals surface area contributed by atoms with Crippen LogP contribution in [0.15, 0.2) is 23.3 Å². The first-order valence-electron chi connectivity index (χ1n) is 7.29. The highest BCUT2D eigenvalue weighted by Gasteiger charge is 2.57. The zero-order valence-corrected chi connectivity index (χ0v) is 13.8. The third-order valence-corrected chi connectivity index (χ3v) is 4.17. The average molecular weight is 344 g/mol. The van der Waals surface area contributed by atoms with Crippen LogP contribution >= 0.6 is 0 Å². The molecule has 2 N–H and O–H groups in total. The van der Waals surface area contributed by atoms with E-state index in [9.17, 15) is 28.2 Å². The van der Waals surface area contributed by atoms with Gasteiger partial charge in [-0.2, -0.15) is 23.3 Å². The fourth-order valence-electron chi connectivity index (χ4n) is 2.45. The maximum absolute atomic E-state index is 13.0. The van der Waals surface area contributed by atoms with Gasteiger partial charge in [0, 0.05) is 11.8 Å². The van der Waals surface area contributed by atoms with Crippen LogP contribution in [-0.4, -0.2) is 38.7 Å². The minimum atomic E-state index is -4.76. The SMILES string of the molecule is Cc1cccc(C(=O)N2N=C(C(F)(F)F)C[C@]2(O)C(C)(C)C)c1O. The van der Waals surface area contributed by atoms with Gasteiger partial charge in [-0.3, -0.25) is 4.79 Å². The van der Waals surface area contributed by atoms with Crippen molar-refractivity contribution in [3.05, 3.63) is 29.3 Å². The van der Waals surface area contributed by atoms with Gasteiger partial charge in [0.25, 0.3) is 5.91 Å². The molecule has 2 rings (SSSR count). The number of benzene rings is 1. The quantitative estimate of drug-likeness (QED) is 0.822. The minimum absolute atomic E-state index is 0.218. The first-order chi connectivity index (χ1) is 10.8. The monoisotopic (exact) mass is 344 g/mol. The van der Waals surface area contributed by atoms with Crippen LogP contribution in [0.4, 0.5) is 13.2 Å². The molecule has 0 radical (unpaired) electrons. The van der Waals surface area contributed by atoms with Gasteiger partial charge in [0.05, 0.1) is 5.56 Å². The molecule has 1 aromatic rings. The van der Waals surface area contributed by atoms with Crippen LogP contribution in [0.5, 0.6) is 5.75 Å². The van der Waals surface area contributed by atoms with Gasteiger partial charge in [0.2, 0.25) is 0 Å². The maximum Gasteiger partial charge on any atom is 0.431 e. The van der Waals surface area contributed by atoms with Crippen LogP contribution in [-0.2, 0) is 0 Å². The molecule has 0 unspecified atom stereocenters. The lowest BCUT2D eigenvalue weighted by atomic mass is 9.79. The largest absolute Gasteiger partial charge is 0.507 e. The molecule has 1 atom stereocenters. The van der Waals surface area contributed by atoms with Gasteiger partial charge in [0.15, 0.2) is 5.72 Å². The summed E-state index contributed by atoms with van der Waals surface area (Å²) in [6.07, 6.45) is -5.60. The standard InChI is InChI=1S/C16H19F3N2O3/c1-9-6-5-7-10(12(9)22)13(23)21-15(24,14(2,3)4)8-11(20-21)16(17,18)19/h5-7,22,24H,8H2,1-4H3/t15-/m0/s1. The van der Waals surface area contributed by atoms with Crippen molar-refractivity contribution >= 4 is 11.6 Å². The third-order valence-electron chi connectivity index (χ3n) is 4.17. The molecule has 0 saturated carbocycles. The Balaban J connectivity index is 2.56. The average Bonchev–Trinajstić information content (AvgIpc) is 2.80. The Morgan fingerprint density at radius 1 is 1.29 bits per heavy atom. The fourth-order valence-corrected chi connectivity index (χ4v) is 2.45. The van der Waals surface area contributed by atoms with Crippen molar-refractivity contribution < 1.29 is 28.2 Å². The van der Waals surface area contributed by atoms with Gasteiger partial charge in [-0.1, -0.05) is 32.9 Å². The molecule has 1 aliphatic rings. The Morgan fingerprint density at radius 2 is 1.88 bits per heavy atom. The summed E-state index contributed by atoms with van der Waals surface area (Å²) in [6.45, 7) is 6.09. The van der Waals surface area contributed by atoms with E-state index in [1.165, 1.54) is 32.9 Å². The van der Waals surface area contributed by atoms with Crippen molar-refractivity contribution in [2.45, 2.75) is 46.0 Å². The Morgan fingerprint density at radius 3 is 2.38 bits per heavy atom. The number of aromatic hydroxyl groups is 1. The molecule has 8 heteroatoms. The van der Waals surface area contributed by atoms with E-state index in [2.05, 4.69) is 5.10 Å². The number of phenols is 1. The molecule has 1 aromatic carbocycles. The number of para-hydroxylation sites is 1. The zero-order valence-electron chi connectivity index (χ0n) is 13.8. The van der Waals surface area contributed by atoms with E-state index in [4.69, 9.17) is 0 Å². The second-order valence-electron chi connectivity index (χ2n) is 6.88. The van der Waals surface area contributed by atoms with Crippen molar-refractivity contribution in [1.82, 2.24) is 5.01 Å².